The van der Waals surface area contributed by atoms with Crippen LogP contribution in [0.15, 0.2) is 71.6 Å². The quantitative estimate of drug-likeness (QED) is 0.384. The lowest BCUT2D eigenvalue weighted by Gasteiger charge is -2.37. The van der Waals surface area contributed by atoms with Crippen molar-refractivity contribution in [3.05, 3.63) is 88.7 Å². The minimum absolute atomic E-state index is 0.0652. The summed E-state index contributed by atoms with van der Waals surface area (Å²) in [5, 5.41) is 13.5. The lowest BCUT2D eigenvalue weighted by atomic mass is 9.84. The number of rotatable bonds is 8. The zero-order valence-corrected chi connectivity index (χ0v) is 21.7. The molecule has 3 aromatic carbocycles. The van der Waals surface area contributed by atoms with Crippen LogP contribution in [-0.4, -0.2) is 44.4 Å². The predicted octanol–water partition coefficient (Wildman–Crippen LogP) is 3.98. The summed E-state index contributed by atoms with van der Waals surface area (Å²) < 4.78 is 53.4. The van der Waals surface area contributed by atoms with E-state index in [9.17, 15) is 22.7 Å². The Hall–Kier alpha value is -3.18. The molecule has 2 aliphatic rings. The van der Waals surface area contributed by atoms with Crippen LogP contribution in [0.25, 0.3) is 0 Å². The third kappa shape index (κ3) is 5.78. The molecule has 2 heterocycles. The van der Waals surface area contributed by atoms with Crippen LogP contribution in [0.1, 0.15) is 29.9 Å². The summed E-state index contributed by atoms with van der Waals surface area (Å²) >= 11 is 5.90. The maximum atomic E-state index is 13.2. The van der Waals surface area contributed by atoms with E-state index in [1.165, 1.54) is 12.1 Å². The summed E-state index contributed by atoms with van der Waals surface area (Å²) in [6, 6.07) is 16.7. The Kier molecular flexibility index (Phi) is 7.58. The first-order chi connectivity index (χ1) is 18.2. The molecule has 0 aromatic heterocycles. The van der Waals surface area contributed by atoms with Crippen molar-refractivity contribution in [2.45, 2.75) is 48.5 Å². The van der Waals surface area contributed by atoms with Gasteiger partial charge in [-0.25, -0.2) is 12.8 Å². The van der Waals surface area contributed by atoms with E-state index in [0.717, 1.165) is 23.3 Å². The second kappa shape index (κ2) is 10.9. The molecule has 1 amide bonds. The number of fused-ring (bicyclic) bond motifs is 3. The molecule has 11 heteroatoms. The highest BCUT2D eigenvalue weighted by Gasteiger charge is 2.46. The number of carbonyl (C=O) groups is 1. The first kappa shape index (κ1) is 26.4. The van der Waals surface area contributed by atoms with Crippen molar-refractivity contribution in [2.24, 2.45) is 0 Å². The SMILES string of the molecule is O=C(C[C@@H]1C[C@@H]2c3cc(NS(=O)(=O)c4ccc(F)cc4)ccc3O[C@@H]2[C@H](CO)O1)NCc1ccc(Cl)cc1. The van der Waals surface area contributed by atoms with E-state index in [0.29, 0.717) is 29.4 Å². The van der Waals surface area contributed by atoms with Crippen molar-refractivity contribution in [3.8, 4) is 5.75 Å². The van der Waals surface area contributed by atoms with Crippen molar-refractivity contribution in [1.82, 2.24) is 5.32 Å². The smallest absolute Gasteiger partial charge is 0.261 e. The molecule has 0 spiro atoms. The lowest BCUT2D eigenvalue weighted by Crippen LogP contribution is -2.47. The van der Waals surface area contributed by atoms with Crippen LogP contribution < -0.4 is 14.8 Å². The second-order valence-corrected chi connectivity index (χ2v) is 11.4. The number of sulfonamides is 1. The maximum Gasteiger partial charge on any atom is 0.261 e. The Morgan fingerprint density at radius 1 is 1.08 bits per heavy atom. The van der Waals surface area contributed by atoms with Gasteiger partial charge in [0.15, 0.2) is 0 Å². The Labute approximate surface area is 224 Å². The van der Waals surface area contributed by atoms with Gasteiger partial charge in [0.25, 0.3) is 10.0 Å². The molecule has 8 nitrogen and oxygen atoms in total. The van der Waals surface area contributed by atoms with Gasteiger partial charge in [-0.15, -0.1) is 0 Å². The van der Waals surface area contributed by atoms with Crippen molar-refractivity contribution < 1.29 is 32.2 Å². The van der Waals surface area contributed by atoms with E-state index in [-0.39, 0.29) is 29.7 Å². The monoisotopic (exact) mass is 560 g/mol. The van der Waals surface area contributed by atoms with Crippen LogP contribution in [0.4, 0.5) is 10.1 Å². The van der Waals surface area contributed by atoms with Crippen molar-refractivity contribution in [2.75, 3.05) is 11.3 Å². The van der Waals surface area contributed by atoms with Gasteiger partial charge in [0.1, 0.15) is 23.8 Å². The van der Waals surface area contributed by atoms with Gasteiger partial charge in [0, 0.05) is 28.7 Å². The summed E-state index contributed by atoms with van der Waals surface area (Å²) in [5.74, 6) is -0.365. The molecule has 3 N–H and O–H groups in total. The van der Waals surface area contributed by atoms with Gasteiger partial charge in [-0.2, -0.15) is 0 Å². The van der Waals surface area contributed by atoms with Gasteiger partial charge in [-0.1, -0.05) is 23.7 Å². The predicted molar refractivity (Wildman–Crippen MR) is 139 cm³/mol. The number of aliphatic hydroxyl groups is 1. The average molecular weight is 561 g/mol. The number of benzene rings is 3. The fourth-order valence-corrected chi connectivity index (χ4v) is 6.04. The number of carbonyl (C=O) groups excluding carboxylic acids is 1. The highest BCUT2D eigenvalue weighted by Crippen LogP contribution is 2.47. The molecular formula is C27H26ClFN2O6S. The van der Waals surface area contributed by atoms with E-state index in [2.05, 4.69) is 10.0 Å². The van der Waals surface area contributed by atoms with Crippen LogP contribution in [0.3, 0.4) is 0 Å². The van der Waals surface area contributed by atoms with Gasteiger partial charge >= 0.3 is 0 Å². The van der Waals surface area contributed by atoms with Crippen LogP contribution >= 0.6 is 11.6 Å². The van der Waals surface area contributed by atoms with Gasteiger partial charge in [-0.05, 0) is 66.6 Å². The molecular weight excluding hydrogens is 535 g/mol. The molecule has 0 saturated carbocycles. The van der Waals surface area contributed by atoms with E-state index in [4.69, 9.17) is 21.1 Å². The molecule has 4 atom stereocenters. The first-order valence-electron chi connectivity index (χ1n) is 12.1. The summed E-state index contributed by atoms with van der Waals surface area (Å²) in [4.78, 5) is 12.6. The third-order valence-corrected chi connectivity index (χ3v) is 8.34. The standard InChI is InChI=1S/C27H26ClFN2O6S/c28-17-3-1-16(2-4-17)14-30-26(33)13-20-12-23-22-11-19(7-10-24(22)37-27(23)25(15-32)36-20)31-38(34,35)21-8-5-18(29)6-9-21/h1-11,20,23,25,27,31-32H,12-15H2,(H,30,33)/t20-,23+,25-,27-/m0/s1. The second-order valence-electron chi connectivity index (χ2n) is 9.32. The van der Waals surface area contributed by atoms with Crippen LogP contribution in [-0.2, 0) is 26.1 Å². The minimum atomic E-state index is -3.93. The van der Waals surface area contributed by atoms with Crippen LogP contribution in [0.5, 0.6) is 5.75 Å². The molecule has 2 aliphatic heterocycles. The topological polar surface area (TPSA) is 114 Å². The van der Waals surface area contributed by atoms with Crippen LogP contribution in [0.2, 0.25) is 5.02 Å². The molecule has 38 heavy (non-hydrogen) atoms. The first-order valence-corrected chi connectivity index (χ1v) is 13.9. The molecule has 5 rings (SSSR count). The van der Waals surface area contributed by atoms with Crippen molar-refractivity contribution in [3.63, 3.8) is 0 Å². The third-order valence-electron chi connectivity index (χ3n) is 6.69. The van der Waals surface area contributed by atoms with Gasteiger partial charge < -0.3 is 19.9 Å². The Balaban J connectivity index is 1.28. The fraction of sp³-hybridized carbons (Fsp3) is 0.296. The summed E-state index contributed by atoms with van der Waals surface area (Å²) in [7, 11) is -3.93. The summed E-state index contributed by atoms with van der Waals surface area (Å²) in [6.45, 7) is 0.0593. The molecule has 0 aliphatic carbocycles. The number of halogens is 2. The van der Waals surface area contributed by atoms with Gasteiger partial charge in [-0.3, -0.25) is 9.52 Å². The number of nitrogens with one attached hydrogen (secondary N) is 2. The molecule has 1 saturated heterocycles. The Bertz CT molecular complexity index is 1420. The molecule has 0 radical (unpaired) electrons. The molecule has 200 valence electrons. The van der Waals surface area contributed by atoms with E-state index in [1.807, 2.05) is 12.1 Å². The Morgan fingerprint density at radius 2 is 1.82 bits per heavy atom. The number of aliphatic hydroxyl groups excluding tert-OH is 1. The van der Waals surface area contributed by atoms with E-state index >= 15 is 0 Å². The largest absolute Gasteiger partial charge is 0.487 e. The lowest BCUT2D eigenvalue weighted by molar-refractivity contribution is -0.142. The summed E-state index contributed by atoms with van der Waals surface area (Å²) in [6.07, 6.45) is -1.02. The van der Waals surface area contributed by atoms with E-state index < -0.39 is 34.2 Å². The number of hydrogen-bond acceptors (Lipinski definition) is 6. The highest BCUT2D eigenvalue weighted by atomic mass is 35.5. The number of anilines is 1. The van der Waals surface area contributed by atoms with Gasteiger partial charge in [0.05, 0.1) is 24.0 Å². The molecule has 0 bridgehead atoms. The van der Waals surface area contributed by atoms with Crippen molar-refractivity contribution in [1.29, 1.82) is 0 Å². The Morgan fingerprint density at radius 3 is 2.53 bits per heavy atom. The molecule has 3 aromatic rings. The maximum absolute atomic E-state index is 13.2. The van der Waals surface area contributed by atoms with Crippen molar-refractivity contribution >= 4 is 33.2 Å². The average Bonchev–Trinajstić information content (AvgIpc) is 3.26. The molecule has 1 fully saturated rings. The fourth-order valence-electron chi connectivity index (χ4n) is 4.86. The van der Waals surface area contributed by atoms with Crippen LogP contribution in [0, 0.1) is 5.82 Å². The minimum Gasteiger partial charge on any atom is -0.487 e. The van der Waals surface area contributed by atoms with Gasteiger partial charge in [0.2, 0.25) is 5.91 Å². The molecule has 0 unspecified atom stereocenters. The highest BCUT2D eigenvalue weighted by molar-refractivity contribution is 7.92. The zero-order chi connectivity index (χ0) is 26.9. The zero-order valence-electron chi connectivity index (χ0n) is 20.1. The summed E-state index contributed by atoms with van der Waals surface area (Å²) in [5.41, 5.74) is 2.00. The number of amides is 1. The van der Waals surface area contributed by atoms with E-state index in [1.54, 1.807) is 30.3 Å². The normalized spacial score (nSPS) is 22.2. The number of hydrogen-bond donors (Lipinski definition) is 3. The number of ether oxygens (including phenoxy) is 2.